The van der Waals surface area contributed by atoms with Crippen LogP contribution in [0, 0.1) is 0 Å². The molecule has 0 bridgehead atoms. The molecule has 1 rings (SSSR count). The van der Waals surface area contributed by atoms with Gasteiger partial charge in [0.05, 0.1) is 0 Å². The lowest BCUT2D eigenvalue weighted by molar-refractivity contribution is 0.495. The second-order valence-corrected chi connectivity index (χ2v) is 4.85. The summed E-state index contributed by atoms with van der Waals surface area (Å²) in [6.45, 7) is 2.16. The van der Waals surface area contributed by atoms with Gasteiger partial charge in [-0.2, -0.15) is 0 Å². The van der Waals surface area contributed by atoms with E-state index in [1.165, 1.54) is 0 Å². The number of nitrogens with two attached hydrogens (primary N) is 1. The van der Waals surface area contributed by atoms with Crippen molar-refractivity contribution in [2.24, 2.45) is 5.84 Å². The van der Waals surface area contributed by atoms with E-state index in [0.717, 1.165) is 34.3 Å². The topological polar surface area (TPSA) is 38.0 Å². The molecular weight excluding hydrogens is 275 g/mol. The molecule has 2 nitrogen and oxygen atoms in total. The number of hydrazine groups is 1. The molecule has 0 aliphatic carbocycles. The van der Waals surface area contributed by atoms with Crippen LogP contribution in [-0.2, 0) is 0 Å². The Morgan fingerprint density at radius 1 is 1.53 bits per heavy atom. The predicted octanol–water partition coefficient (Wildman–Crippen LogP) is 3.80. The van der Waals surface area contributed by atoms with Crippen LogP contribution in [0.1, 0.15) is 37.8 Å². The summed E-state index contributed by atoms with van der Waals surface area (Å²) in [4.78, 5) is 0. The predicted molar refractivity (Wildman–Crippen MR) is 68.7 cm³/mol. The molecule has 1 unspecified atom stereocenters. The van der Waals surface area contributed by atoms with Crippen LogP contribution in [0.25, 0.3) is 0 Å². The van der Waals surface area contributed by atoms with Crippen molar-refractivity contribution in [3.8, 4) is 0 Å². The third kappa shape index (κ3) is 3.76. The van der Waals surface area contributed by atoms with Gasteiger partial charge in [-0.05, 0) is 30.2 Å². The van der Waals surface area contributed by atoms with Gasteiger partial charge in [-0.1, -0.05) is 47.3 Å². The average molecular weight is 292 g/mol. The molecule has 84 valence electrons. The van der Waals surface area contributed by atoms with Gasteiger partial charge in [0, 0.05) is 15.5 Å². The van der Waals surface area contributed by atoms with Crippen molar-refractivity contribution < 1.29 is 0 Å². The Hall–Kier alpha value is -0.0900. The third-order valence-corrected chi connectivity index (χ3v) is 3.22. The summed E-state index contributed by atoms with van der Waals surface area (Å²) in [5.41, 5.74) is 3.87. The normalized spacial score (nSPS) is 12.8. The molecule has 0 fully saturated rings. The van der Waals surface area contributed by atoms with Gasteiger partial charge in [0.2, 0.25) is 0 Å². The largest absolute Gasteiger partial charge is 0.271 e. The fraction of sp³-hybridized carbons (Fsp3) is 0.455. The van der Waals surface area contributed by atoms with E-state index >= 15 is 0 Å². The van der Waals surface area contributed by atoms with Crippen LogP contribution in [0.4, 0.5) is 0 Å². The summed E-state index contributed by atoms with van der Waals surface area (Å²) in [5.74, 6) is 5.54. The summed E-state index contributed by atoms with van der Waals surface area (Å²) in [5, 5.41) is 0.761. The van der Waals surface area contributed by atoms with Crippen LogP contribution in [0.2, 0.25) is 5.02 Å². The van der Waals surface area contributed by atoms with Gasteiger partial charge in [0.1, 0.15) is 0 Å². The summed E-state index contributed by atoms with van der Waals surface area (Å²) in [7, 11) is 0. The molecule has 1 atom stereocenters. The van der Waals surface area contributed by atoms with E-state index in [1.807, 2.05) is 18.2 Å². The molecule has 0 amide bonds. The highest BCUT2D eigenvalue weighted by molar-refractivity contribution is 9.10. The zero-order valence-electron chi connectivity index (χ0n) is 8.76. The van der Waals surface area contributed by atoms with Gasteiger partial charge in [-0.15, -0.1) is 0 Å². The first-order chi connectivity index (χ1) is 7.19. The van der Waals surface area contributed by atoms with Crippen LogP contribution < -0.4 is 11.3 Å². The van der Waals surface area contributed by atoms with Crippen molar-refractivity contribution in [1.82, 2.24) is 5.43 Å². The van der Waals surface area contributed by atoms with Gasteiger partial charge < -0.3 is 0 Å². The lowest BCUT2D eigenvalue weighted by Crippen LogP contribution is -2.28. The van der Waals surface area contributed by atoms with Crippen molar-refractivity contribution in [2.45, 2.75) is 32.2 Å². The Labute approximate surface area is 104 Å². The molecule has 0 aromatic heterocycles. The van der Waals surface area contributed by atoms with E-state index in [1.54, 1.807) is 0 Å². The first-order valence-corrected chi connectivity index (χ1v) is 6.27. The van der Waals surface area contributed by atoms with Gasteiger partial charge in [0.25, 0.3) is 0 Å². The van der Waals surface area contributed by atoms with Gasteiger partial charge in [-0.3, -0.25) is 11.3 Å². The van der Waals surface area contributed by atoms with E-state index in [9.17, 15) is 0 Å². The zero-order valence-corrected chi connectivity index (χ0v) is 11.1. The van der Waals surface area contributed by atoms with Crippen molar-refractivity contribution in [2.75, 3.05) is 0 Å². The second kappa shape index (κ2) is 6.48. The molecule has 0 radical (unpaired) electrons. The van der Waals surface area contributed by atoms with Crippen molar-refractivity contribution in [3.05, 3.63) is 33.3 Å². The van der Waals surface area contributed by atoms with Crippen molar-refractivity contribution in [3.63, 3.8) is 0 Å². The molecule has 0 saturated heterocycles. The van der Waals surface area contributed by atoms with E-state index in [0.29, 0.717) is 0 Å². The highest BCUT2D eigenvalue weighted by Crippen LogP contribution is 2.28. The van der Waals surface area contributed by atoms with Crippen LogP contribution in [0.5, 0.6) is 0 Å². The molecule has 0 heterocycles. The van der Waals surface area contributed by atoms with E-state index < -0.39 is 0 Å². The number of hydrogen-bond acceptors (Lipinski definition) is 2. The molecule has 4 heteroatoms. The fourth-order valence-electron chi connectivity index (χ4n) is 1.52. The molecule has 0 spiro atoms. The summed E-state index contributed by atoms with van der Waals surface area (Å²) < 4.78 is 1.03. The monoisotopic (exact) mass is 290 g/mol. The first-order valence-electron chi connectivity index (χ1n) is 5.10. The number of unbranched alkanes of at least 4 members (excludes halogenated alkanes) is 1. The third-order valence-electron chi connectivity index (χ3n) is 2.38. The zero-order chi connectivity index (χ0) is 11.3. The Kier molecular flexibility index (Phi) is 5.61. The quantitative estimate of drug-likeness (QED) is 0.640. The number of rotatable bonds is 5. The van der Waals surface area contributed by atoms with Crippen molar-refractivity contribution in [1.29, 1.82) is 0 Å². The van der Waals surface area contributed by atoms with E-state index in [2.05, 4.69) is 28.3 Å². The Bertz CT molecular complexity index is 317. The second-order valence-electron chi connectivity index (χ2n) is 3.53. The SMILES string of the molecule is CCCCC(NN)c1cc(Br)ccc1Cl. The van der Waals surface area contributed by atoms with Gasteiger partial charge in [-0.25, -0.2) is 0 Å². The van der Waals surface area contributed by atoms with E-state index in [-0.39, 0.29) is 6.04 Å². The number of benzene rings is 1. The summed E-state index contributed by atoms with van der Waals surface area (Å²) in [6.07, 6.45) is 3.30. The molecule has 0 aliphatic rings. The minimum Gasteiger partial charge on any atom is -0.271 e. The smallest absolute Gasteiger partial charge is 0.0475 e. The average Bonchev–Trinajstić information content (AvgIpc) is 2.24. The highest BCUT2D eigenvalue weighted by Gasteiger charge is 2.12. The molecule has 1 aromatic rings. The maximum absolute atomic E-state index is 6.13. The molecule has 1 aromatic carbocycles. The number of hydrogen-bond donors (Lipinski definition) is 2. The fourth-order valence-corrected chi connectivity index (χ4v) is 2.15. The molecule has 0 saturated carbocycles. The standard InChI is InChI=1S/C11H16BrClN2/c1-2-3-4-11(15-14)9-7-8(12)5-6-10(9)13/h5-7,11,15H,2-4,14H2,1H3. The maximum Gasteiger partial charge on any atom is 0.0475 e. The maximum atomic E-state index is 6.13. The van der Waals surface area contributed by atoms with Crippen molar-refractivity contribution >= 4 is 27.5 Å². The highest BCUT2D eigenvalue weighted by atomic mass is 79.9. The van der Waals surface area contributed by atoms with Crippen LogP contribution in [0.15, 0.2) is 22.7 Å². The molecular formula is C11H16BrClN2. The first kappa shape index (κ1) is 13.0. The summed E-state index contributed by atoms with van der Waals surface area (Å²) in [6, 6.07) is 5.97. The van der Waals surface area contributed by atoms with E-state index in [4.69, 9.17) is 17.4 Å². The Morgan fingerprint density at radius 2 is 2.27 bits per heavy atom. The molecule has 3 N–H and O–H groups in total. The van der Waals surface area contributed by atoms with Crippen LogP contribution >= 0.6 is 27.5 Å². The lowest BCUT2D eigenvalue weighted by Gasteiger charge is -2.17. The van der Waals surface area contributed by atoms with Crippen LogP contribution in [0.3, 0.4) is 0 Å². The minimum absolute atomic E-state index is 0.134. The summed E-state index contributed by atoms with van der Waals surface area (Å²) >= 11 is 9.57. The Morgan fingerprint density at radius 3 is 2.87 bits per heavy atom. The van der Waals surface area contributed by atoms with Gasteiger partial charge >= 0.3 is 0 Å². The molecule has 0 aliphatic heterocycles. The number of halogens is 2. The molecule has 15 heavy (non-hydrogen) atoms. The lowest BCUT2D eigenvalue weighted by atomic mass is 10.0. The minimum atomic E-state index is 0.134. The number of nitrogens with one attached hydrogen (secondary N) is 1. The van der Waals surface area contributed by atoms with Gasteiger partial charge in [0.15, 0.2) is 0 Å². The van der Waals surface area contributed by atoms with Crippen LogP contribution in [-0.4, -0.2) is 0 Å². The Balaban J connectivity index is 2.85.